The topological polar surface area (TPSA) is 86.3 Å². The number of hydrogen-bond acceptors (Lipinski definition) is 7. The Kier molecular flexibility index (Phi) is 4.60. The molecule has 0 radical (unpaired) electrons. The molecule has 7 nitrogen and oxygen atoms in total. The lowest BCUT2D eigenvalue weighted by molar-refractivity contribution is 0.0741. The predicted molar refractivity (Wildman–Crippen MR) is 102 cm³/mol. The maximum atomic E-state index is 12.9. The van der Waals surface area contributed by atoms with E-state index in [1.54, 1.807) is 35.6 Å². The van der Waals surface area contributed by atoms with Gasteiger partial charge in [-0.3, -0.25) is 4.79 Å². The Hall–Kier alpha value is -3.18. The summed E-state index contributed by atoms with van der Waals surface area (Å²) < 4.78 is 5.38. The highest BCUT2D eigenvalue weighted by atomic mass is 32.1. The van der Waals surface area contributed by atoms with Crippen molar-refractivity contribution in [1.29, 1.82) is 5.26 Å². The molecule has 1 amide bonds. The van der Waals surface area contributed by atoms with E-state index >= 15 is 0 Å². The van der Waals surface area contributed by atoms with Crippen molar-refractivity contribution in [3.05, 3.63) is 52.9 Å². The minimum absolute atomic E-state index is 0.0669. The van der Waals surface area contributed by atoms with E-state index in [9.17, 15) is 10.1 Å². The molecule has 0 unspecified atom stereocenters. The quantitative estimate of drug-likeness (QED) is 0.695. The molecule has 27 heavy (non-hydrogen) atoms. The van der Waals surface area contributed by atoms with Gasteiger partial charge in [-0.05, 0) is 31.2 Å². The van der Waals surface area contributed by atoms with Crippen LogP contribution in [-0.2, 0) is 0 Å². The van der Waals surface area contributed by atoms with Crippen molar-refractivity contribution in [2.75, 3.05) is 31.1 Å². The Morgan fingerprint density at radius 2 is 2.07 bits per heavy atom. The van der Waals surface area contributed by atoms with E-state index in [1.807, 2.05) is 17.9 Å². The summed E-state index contributed by atoms with van der Waals surface area (Å²) in [6, 6.07) is 9.33. The molecule has 4 heterocycles. The van der Waals surface area contributed by atoms with Crippen LogP contribution in [0.5, 0.6) is 0 Å². The Morgan fingerprint density at radius 1 is 1.26 bits per heavy atom. The highest BCUT2D eigenvalue weighted by molar-refractivity contribution is 7.15. The summed E-state index contributed by atoms with van der Waals surface area (Å²) in [6.07, 6.45) is 3.28. The molecule has 136 valence electrons. The van der Waals surface area contributed by atoms with Gasteiger partial charge in [0.15, 0.2) is 10.8 Å². The van der Waals surface area contributed by atoms with Gasteiger partial charge in [0, 0.05) is 37.3 Å². The molecule has 0 saturated carbocycles. The molecule has 1 aliphatic heterocycles. The van der Waals surface area contributed by atoms with Crippen LogP contribution >= 0.6 is 11.3 Å². The molecule has 0 N–H and O–H groups in total. The second kappa shape index (κ2) is 7.21. The summed E-state index contributed by atoms with van der Waals surface area (Å²) in [6.45, 7) is 4.29. The number of nitriles is 1. The maximum absolute atomic E-state index is 12.9. The minimum atomic E-state index is -0.0669. The molecule has 1 fully saturated rings. The number of carbonyl (C=O) groups excluding carboxylic acids is 1. The van der Waals surface area contributed by atoms with Gasteiger partial charge in [-0.25, -0.2) is 9.97 Å². The second-order valence-corrected chi connectivity index (χ2v) is 7.37. The van der Waals surface area contributed by atoms with E-state index in [-0.39, 0.29) is 5.91 Å². The molecule has 4 rings (SSSR count). The number of hydrogen-bond donors (Lipinski definition) is 0. The third kappa shape index (κ3) is 3.29. The first-order valence-corrected chi connectivity index (χ1v) is 9.39. The first kappa shape index (κ1) is 17.2. The van der Waals surface area contributed by atoms with Crippen molar-refractivity contribution in [2.24, 2.45) is 0 Å². The highest BCUT2D eigenvalue weighted by Crippen LogP contribution is 2.29. The zero-order valence-electron chi connectivity index (χ0n) is 14.8. The summed E-state index contributed by atoms with van der Waals surface area (Å²) in [7, 11) is 0. The fraction of sp³-hybridized carbons (Fsp3) is 0.263. The van der Waals surface area contributed by atoms with Crippen LogP contribution in [-0.4, -0.2) is 47.0 Å². The van der Waals surface area contributed by atoms with Gasteiger partial charge < -0.3 is 14.2 Å². The lowest BCUT2D eigenvalue weighted by Gasteiger charge is -2.35. The molecule has 8 heteroatoms. The molecule has 0 aliphatic carbocycles. The lowest BCUT2D eigenvalue weighted by atomic mass is 10.2. The van der Waals surface area contributed by atoms with Gasteiger partial charge in [0.1, 0.15) is 17.6 Å². The zero-order valence-corrected chi connectivity index (χ0v) is 15.6. The predicted octanol–water partition coefficient (Wildman–Crippen LogP) is 2.94. The van der Waals surface area contributed by atoms with E-state index in [0.29, 0.717) is 54.0 Å². The number of carbonyl (C=O) groups is 1. The molecular formula is C19H17N5O2S. The number of piperazine rings is 1. The van der Waals surface area contributed by atoms with Crippen LogP contribution in [0.25, 0.3) is 10.8 Å². The number of rotatable bonds is 3. The van der Waals surface area contributed by atoms with E-state index in [2.05, 4.69) is 16.0 Å². The molecule has 0 atom stereocenters. The van der Waals surface area contributed by atoms with Gasteiger partial charge in [-0.15, -0.1) is 11.3 Å². The summed E-state index contributed by atoms with van der Waals surface area (Å²) in [5.74, 6) is 1.28. The van der Waals surface area contributed by atoms with Crippen molar-refractivity contribution in [3.63, 3.8) is 0 Å². The normalized spacial score (nSPS) is 14.2. The number of amides is 1. The van der Waals surface area contributed by atoms with Gasteiger partial charge in [0.2, 0.25) is 0 Å². The fourth-order valence-electron chi connectivity index (χ4n) is 3.11. The smallest absolute Gasteiger partial charge is 0.273 e. The Bertz CT molecular complexity index is 998. The lowest BCUT2D eigenvalue weighted by Crippen LogP contribution is -2.49. The molecule has 3 aromatic heterocycles. The van der Waals surface area contributed by atoms with Crippen molar-refractivity contribution in [2.45, 2.75) is 6.92 Å². The molecule has 1 aliphatic rings. The van der Waals surface area contributed by atoms with E-state index in [4.69, 9.17) is 4.42 Å². The molecule has 0 aromatic carbocycles. The first-order valence-electron chi connectivity index (χ1n) is 8.58. The summed E-state index contributed by atoms with van der Waals surface area (Å²) in [4.78, 5) is 26.5. The number of nitrogens with zero attached hydrogens (tertiary/aromatic N) is 5. The van der Waals surface area contributed by atoms with Crippen molar-refractivity contribution >= 4 is 23.1 Å². The van der Waals surface area contributed by atoms with Crippen LogP contribution in [0.15, 0.2) is 41.1 Å². The van der Waals surface area contributed by atoms with Crippen LogP contribution in [0.1, 0.15) is 20.9 Å². The van der Waals surface area contributed by atoms with Crippen LogP contribution in [0, 0.1) is 18.3 Å². The van der Waals surface area contributed by atoms with Gasteiger partial charge >= 0.3 is 0 Å². The molecule has 1 saturated heterocycles. The molecule has 0 bridgehead atoms. The van der Waals surface area contributed by atoms with Gasteiger partial charge in [0.25, 0.3) is 5.91 Å². The first-order chi connectivity index (χ1) is 13.2. The number of anilines is 1. The third-order valence-electron chi connectivity index (χ3n) is 4.50. The van der Waals surface area contributed by atoms with Crippen molar-refractivity contribution in [1.82, 2.24) is 14.9 Å². The monoisotopic (exact) mass is 379 g/mol. The number of pyridine rings is 1. The SMILES string of the molecule is Cc1sc(-c2ccco2)nc1C(=O)N1CCN(c2ncccc2C#N)CC1. The van der Waals surface area contributed by atoms with Crippen LogP contribution in [0.3, 0.4) is 0 Å². The maximum Gasteiger partial charge on any atom is 0.273 e. The Morgan fingerprint density at radius 3 is 2.78 bits per heavy atom. The third-order valence-corrected chi connectivity index (χ3v) is 5.49. The van der Waals surface area contributed by atoms with Crippen LogP contribution in [0.2, 0.25) is 0 Å². The number of aryl methyl sites for hydroxylation is 1. The fourth-order valence-corrected chi connectivity index (χ4v) is 3.98. The minimum Gasteiger partial charge on any atom is -0.462 e. The van der Waals surface area contributed by atoms with Crippen molar-refractivity contribution in [3.8, 4) is 16.8 Å². The average molecular weight is 379 g/mol. The second-order valence-electron chi connectivity index (χ2n) is 6.17. The number of thiazole rings is 1. The van der Waals surface area contributed by atoms with Gasteiger partial charge in [-0.2, -0.15) is 5.26 Å². The van der Waals surface area contributed by atoms with Crippen LogP contribution in [0.4, 0.5) is 5.82 Å². The largest absolute Gasteiger partial charge is 0.462 e. The summed E-state index contributed by atoms with van der Waals surface area (Å²) in [5, 5.41) is 9.97. The van der Waals surface area contributed by atoms with Crippen molar-refractivity contribution < 1.29 is 9.21 Å². The van der Waals surface area contributed by atoms with E-state index in [0.717, 1.165) is 4.88 Å². The van der Waals surface area contributed by atoms with Gasteiger partial charge in [-0.1, -0.05) is 0 Å². The molecule has 3 aromatic rings. The highest BCUT2D eigenvalue weighted by Gasteiger charge is 2.27. The average Bonchev–Trinajstić information content (AvgIpc) is 3.37. The van der Waals surface area contributed by atoms with E-state index in [1.165, 1.54) is 11.3 Å². The summed E-state index contributed by atoms with van der Waals surface area (Å²) in [5.41, 5.74) is 1.03. The Balaban J connectivity index is 1.47. The standard InChI is InChI=1S/C19H17N5O2S/c1-13-16(22-18(27-13)15-5-3-11-26-15)19(25)24-9-7-23(8-10-24)17-14(12-20)4-2-6-21-17/h2-6,11H,7-10H2,1H3. The zero-order chi connectivity index (χ0) is 18.8. The number of aromatic nitrogens is 2. The molecular weight excluding hydrogens is 362 g/mol. The van der Waals surface area contributed by atoms with Crippen LogP contribution < -0.4 is 4.90 Å². The summed E-state index contributed by atoms with van der Waals surface area (Å²) >= 11 is 1.46. The molecule has 0 spiro atoms. The van der Waals surface area contributed by atoms with Gasteiger partial charge in [0.05, 0.1) is 11.8 Å². The number of furan rings is 1. The Labute approximate surface area is 160 Å². The van der Waals surface area contributed by atoms with E-state index < -0.39 is 0 Å².